The lowest BCUT2D eigenvalue weighted by atomic mass is 9.34. The summed E-state index contributed by atoms with van der Waals surface area (Å²) in [7, 11) is 0. The summed E-state index contributed by atoms with van der Waals surface area (Å²) in [6, 6.07) is 0. The van der Waals surface area contributed by atoms with Crippen molar-refractivity contribution in [1.82, 2.24) is 0 Å². The zero-order chi connectivity index (χ0) is 31.8. The molecule has 244 valence electrons. The van der Waals surface area contributed by atoms with E-state index in [2.05, 4.69) is 54.5 Å². The average Bonchev–Trinajstić information content (AvgIpc) is 2.92. The van der Waals surface area contributed by atoms with Gasteiger partial charge in [0.25, 0.3) is 0 Å². The number of allylic oxidation sites excluding steroid dienone is 1. The SMILES string of the molecule is CC(=O)O[C@@H]1C[C@@]23COC[C@@](C)(C1OC[C@@H](O)CO)[C@@H]2CC[C@H]1C3=CC[C@@]2(C)[C@H](C(=O)O)[C@@](C)([C@H](C)C(C)C)CC[C@]12C. The number of ether oxygens (including phenoxy) is 3. The molecule has 43 heavy (non-hydrogen) atoms. The molecule has 8 heteroatoms. The fourth-order valence-corrected chi connectivity index (χ4v) is 11.5. The Balaban J connectivity index is 1.58. The van der Waals surface area contributed by atoms with Crippen molar-refractivity contribution in [2.24, 2.45) is 56.7 Å². The molecule has 1 aliphatic heterocycles. The first-order valence-electron chi connectivity index (χ1n) is 16.6. The van der Waals surface area contributed by atoms with Crippen LogP contribution in [-0.2, 0) is 23.8 Å². The molecule has 8 nitrogen and oxygen atoms in total. The van der Waals surface area contributed by atoms with Crippen LogP contribution in [0.1, 0.15) is 93.9 Å². The van der Waals surface area contributed by atoms with Crippen LogP contribution in [-0.4, -0.2) is 72.0 Å². The van der Waals surface area contributed by atoms with Crippen molar-refractivity contribution in [3.63, 3.8) is 0 Å². The van der Waals surface area contributed by atoms with E-state index < -0.39 is 47.6 Å². The number of esters is 1. The van der Waals surface area contributed by atoms with E-state index >= 15 is 0 Å². The fraction of sp³-hybridized carbons (Fsp3) is 0.886. The van der Waals surface area contributed by atoms with E-state index in [1.807, 2.05) is 0 Å². The van der Waals surface area contributed by atoms with Gasteiger partial charge in [-0.3, -0.25) is 9.59 Å². The third-order valence-electron chi connectivity index (χ3n) is 14.1. The molecule has 5 aliphatic rings. The smallest absolute Gasteiger partial charge is 0.307 e. The molecule has 5 rings (SSSR count). The molecular formula is C35H56O8. The van der Waals surface area contributed by atoms with Gasteiger partial charge in [-0.2, -0.15) is 0 Å². The first kappa shape index (κ1) is 32.9. The van der Waals surface area contributed by atoms with Crippen molar-refractivity contribution >= 4 is 11.9 Å². The van der Waals surface area contributed by atoms with E-state index in [0.717, 1.165) is 25.7 Å². The number of hydrogen-bond acceptors (Lipinski definition) is 7. The summed E-state index contributed by atoms with van der Waals surface area (Å²) >= 11 is 0. The minimum absolute atomic E-state index is 0.0415. The maximum atomic E-state index is 13.3. The number of aliphatic hydroxyl groups excluding tert-OH is 2. The third-order valence-corrected chi connectivity index (χ3v) is 14.1. The first-order valence-corrected chi connectivity index (χ1v) is 16.6. The van der Waals surface area contributed by atoms with Crippen LogP contribution in [0.3, 0.4) is 0 Å². The second kappa shape index (κ2) is 11.1. The normalized spacial score (nSPS) is 47.0. The average molecular weight is 605 g/mol. The van der Waals surface area contributed by atoms with E-state index in [0.29, 0.717) is 32.0 Å². The molecule has 0 aromatic heterocycles. The Hall–Kier alpha value is -1.48. The number of carbonyl (C=O) groups is 2. The molecule has 1 saturated heterocycles. The monoisotopic (exact) mass is 604 g/mol. The predicted molar refractivity (Wildman–Crippen MR) is 162 cm³/mol. The number of hydrogen-bond donors (Lipinski definition) is 3. The highest BCUT2D eigenvalue weighted by Crippen LogP contribution is 2.75. The van der Waals surface area contributed by atoms with Gasteiger partial charge in [-0.25, -0.2) is 0 Å². The molecule has 1 heterocycles. The van der Waals surface area contributed by atoms with Crippen molar-refractivity contribution in [1.29, 1.82) is 0 Å². The molecule has 0 spiro atoms. The molecule has 3 N–H and O–H groups in total. The Labute approximate surface area is 257 Å². The van der Waals surface area contributed by atoms with Gasteiger partial charge >= 0.3 is 11.9 Å². The van der Waals surface area contributed by atoms with Gasteiger partial charge in [-0.1, -0.05) is 60.1 Å². The van der Waals surface area contributed by atoms with Crippen LogP contribution in [0.2, 0.25) is 0 Å². The Bertz CT molecular complexity index is 1130. The number of carboxylic acids is 1. The van der Waals surface area contributed by atoms with Crippen LogP contribution in [0, 0.1) is 56.7 Å². The largest absolute Gasteiger partial charge is 0.481 e. The number of aliphatic hydroxyl groups is 2. The summed E-state index contributed by atoms with van der Waals surface area (Å²) in [5.74, 6) is -0.343. The molecule has 0 amide bonds. The topological polar surface area (TPSA) is 123 Å². The van der Waals surface area contributed by atoms with Crippen LogP contribution < -0.4 is 0 Å². The first-order chi connectivity index (χ1) is 20.0. The highest BCUT2D eigenvalue weighted by Gasteiger charge is 2.72. The van der Waals surface area contributed by atoms with E-state index in [-0.39, 0.29) is 46.6 Å². The highest BCUT2D eigenvalue weighted by atomic mass is 16.6. The van der Waals surface area contributed by atoms with Crippen molar-refractivity contribution in [3.8, 4) is 0 Å². The maximum absolute atomic E-state index is 13.3. The lowest BCUT2D eigenvalue weighted by Gasteiger charge is -2.71. The van der Waals surface area contributed by atoms with Gasteiger partial charge in [0.2, 0.25) is 0 Å². The molecule has 0 radical (unpaired) electrons. The van der Waals surface area contributed by atoms with Crippen molar-refractivity contribution < 1.29 is 39.1 Å². The van der Waals surface area contributed by atoms with E-state index in [1.54, 1.807) is 0 Å². The maximum Gasteiger partial charge on any atom is 0.307 e. The Morgan fingerprint density at radius 3 is 2.37 bits per heavy atom. The van der Waals surface area contributed by atoms with E-state index in [9.17, 15) is 24.9 Å². The molecule has 0 aromatic carbocycles. The Kier molecular flexibility index (Phi) is 8.49. The number of carboxylic acid groups (broad SMARTS) is 1. The van der Waals surface area contributed by atoms with Gasteiger partial charge in [-0.15, -0.1) is 0 Å². The number of rotatable bonds is 8. The third kappa shape index (κ3) is 4.67. The summed E-state index contributed by atoms with van der Waals surface area (Å²) in [4.78, 5) is 25.7. The second-order valence-corrected chi connectivity index (χ2v) is 16.3. The van der Waals surface area contributed by atoms with Crippen LogP contribution >= 0.6 is 0 Å². The van der Waals surface area contributed by atoms with Crippen LogP contribution in [0.25, 0.3) is 0 Å². The molecular weight excluding hydrogens is 548 g/mol. The van der Waals surface area contributed by atoms with Gasteiger partial charge in [0.15, 0.2) is 0 Å². The minimum Gasteiger partial charge on any atom is -0.481 e. The molecule has 2 bridgehead atoms. The van der Waals surface area contributed by atoms with Crippen LogP contribution in [0.5, 0.6) is 0 Å². The second-order valence-electron chi connectivity index (χ2n) is 16.3. The van der Waals surface area contributed by atoms with E-state index in [1.165, 1.54) is 12.5 Å². The summed E-state index contributed by atoms with van der Waals surface area (Å²) in [5, 5.41) is 30.4. The predicted octanol–water partition coefficient (Wildman–Crippen LogP) is 5.25. The molecule has 1 unspecified atom stereocenters. The summed E-state index contributed by atoms with van der Waals surface area (Å²) in [6.07, 6.45) is 5.49. The number of carbonyl (C=O) groups excluding carboxylic acids is 1. The van der Waals surface area contributed by atoms with Crippen LogP contribution in [0.4, 0.5) is 0 Å². The summed E-state index contributed by atoms with van der Waals surface area (Å²) < 4.78 is 18.7. The van der Waals surface area contributed by atoms with E-state index in [4.69, 9.17) is 14.2 Å². The quantitative estimate of drug-likeness (QED) is 0.254. The Morgan fingerprint density at radius 2 is 1.77 bits per heavy atom. The molecule has 4 fully saturated rings. The van der Waals surface area contributed by atoms with Crippen LogP contribution in [0.15, 0.2) is 11.6 Å². The lowest BCUT2D eigenvalue weighted by molar-refractivity contribution is -0.270. The summed E-state index contributed by atoms with van der Waals surface area (Å²) in [5.41, 5.74) is -0.302. The van der Waals surface area contributed by atoms with Gasteiger partial charge in [0, 0.05) is 17.8 Å². The van der Waals surface area contributed by atoms with Crippen molar-refractivity contribution in [3.05, 3.63) is 11.6 Å². The zero-order valence-electron chi connectivity index (χ0n) is 27.7. The fourth-order valence-electron chi connectivity index (χ4n) is 11.5. The van der Waals surface area contributed by atoms with Gasteiger partial charge in [0.1, 0.15) is 18.3 Å². The van der Waals surface area contributed by atoms with Crippen molar-refractivity contribution in [2.45, 2.75) is 112 Å². The lowest BCUT2D eigenvalue weighted by Crippen LogP contribution is -2.70. The van der Waals surface area contributed by atoms with Gasteiger partial charge in [0.05, 0.1) is 32.3 Å². The molecule has 0 aromatic rings. The molecule has 4 aliphatic carbocycles. The number of aliphatic carboxylic acids is 1. The minimum atomic E-state index is -1.01. The molecule has 12 atom stereocenters. The Morgan fingerprint density at radius 1 is 1.07 bits per heavy atom. The number of fused-ring (bicyclic) bond motifs is 3. The molecule has 3 saturated carbocycles. The standard InChI is InChI=1S/C35H56O8/c1-20(2)21(3)31(5)13-14-33(7)24-9-10-27-32(6)18-41-19-35(27,25(24)11-12-34(33,8)28(31)30(39)40)15-26(43-22(4)37)29(32)42-17-23(38)16-36/h11,20-21,23-24,26-29,36,38H,9-10,12-19H2,1-8H3,(H,39,40)/t21-,23+,24+,26-,27+,28-,29?,31-,32-,33-,34+,35+/m1/s1. The zero-order valence-corrected chi connectivity index (χ0v) is 27.7. The van der Waals surface area contributed by atoms with Gasteiger partial charge < -0.3 is 29.5 Å². The highest BCUT2D eigenvalue weighted by molar-refractivity contribution is 5.73. The van der Waals surface area contributed by atoms with Crippen molar-refractivity contribution in [2.75, 3.05) is 26.4 Å². The summed E-state index contributed by atoms with van der Waals surface area (Å²) in [6.45, 7) is 17.7. The van der Waals surface area contributed by atoms with Gasteiger partial charge in [-0.05, 0) is 78.4 Å².